The Bertz CT molecular complexity index is 810. The van der Waals surface area contributed by atoms with Crippen LogP contribution in [0.1, 0.15) is 24.4 Å². The maximum atomic E-state index is 12.7. The van der Waals surface area contributed by atoms with Crippen LogP contribution in [0.25, 0.3) is 0 Å². The monoisotopic (exact) mass is 373 g/mol. The minimum absolute atomic E-state index is 0.0230. The molecule has 6 heteroatoms. The van der Waals surface area contributed by atoms with Crippen LogP contribution >= 0.6 is 11.6 Å². The Morgan fingerprint density at radius 3 is 2.81 bits per heavy atom. The topological polar surface area (TPSA) is 48.0 Å². The van der Waals surface area contributed by atoms with Gasteiger partial charge in [-0.2, -0.15) is 0 Å². The highest BCUT2D eigenvalue weighted by atomic mass is 35.5. The van der Waals surface area contributed by atoms with Crippen LogP contribution < -0.4 is 14.2 Å². The van der Waals surface area contributed by atoms with Crippen molar-refractivity contribution in [3.8, 4) is 17.2 Å². The zero-order valence-electron chi connectivity index (χ0n) is 14.3. The molecule has 2 aromatic rings. The van der Waals surface area contributed by atoms with Crippen LogP contribution in [-0.2, 0) is 4.79 Å². The first-order valence-electron chi connectivity index (χ1n) is 8.79. The average molecular weight is 374 g/mol. The van der Waals surface area contributed by atoms with E-state index in [1.807, 2.05) is 35.2 Å². The van der Waals surface area contributed by atoms with Gasteiger partial charge < -0.3 is 19.1 Å². The first-order chi connectivity index (χ1) is 12.7. The number of hydrogen-bond donors (Lipinski definition) is 0. The fourth-order valence-corrected chi connectivity index (χ4v) is 3.65. The van der Waals surface area contributed by atoms with Gasteiger partial charge in [0.25, 0.3) is 5.91 Å². The summed E-state index contributed by atoms with van der Waals surface area (Å²) in [5.41, 5.74) is 1.07. The Hall–Kier alpha value is -2.40. The highest BCUT2D eigenvalue weighted by Crippen LogP contribution is 2.38. The summed E-state index contributed by atoms with van der Waals surface area (Å²) in [6.07, 6.45) is 1.90. The number of likely N-dealkylation sites (tertiary alicyclic amines) is 1. The Labute approximate surface area is 157 Å². The van der Waals surface area contributed by atoms with E-state index in [-0.39, 0.29) is 18.6 Å². The van der Waals surface area contributed by atoms with Crippen molar-refractivity contribution >= 4 is 17.5 Å². The van der Waals surface area contributed by atoms with Gasteiger partial charge in [0.15, 0.2) is 18.1 Å². The third-order valence-corrected chi connectivity index (χ3v) is 5.02. The van der Waals surface area contributed by atoms with E-state index in [1.165, 1.54) is 0 Å². The molecular weight excluding hydrogens is 354 g/mol. The maximum absolute atomic E-state index is 12.7. The molecule has 2 aromatic carbocycles. The lowest BCUT2D eigenvalue weighted by atomic mass is 10.0. The van der Waals surface area contributed by atoms with Crippen LogP contribution in [-0.4, -0.2) is 37.2 Å². The van der Waals surface area contributed by atoms with Gasteiger partial charge in [-0.05, 0) is 42.7 Å². The molecular formula is C20H20ClNO4. The lowest BCUT2D eigenvalue weighted by Crippen LogP contribution is -2.34. The number of ether oxygens (including phenoxy) is 3. The summed E-state index contributed by atoms with van der Waals surface area (Å²) in [6, 6.07) is 13.1. The van der Waals surface area contributed by atoms with E-state index in [1.54, 1.807) is 12.1 Å². The molecule has 0 saturated carbocycles. The number of carbonyl (C=O) groups is 1. The van der Waals surface area contributed by atoms with Crippen molar-refractivity contribution in [1.82, 2.24) is 4.90 Å². The normalized spacial score (nSPS) is 18.7. The highest BCUT2D eigenvalue weighted by molar-refractivity contribution is 6.32. The van der Waals surface area contributed by atoms with E-state index < -0.39 is 0 Å². The second-order valence-electron chi connectivity index (χ2n) is 6.37. The Morgan fingerprint density at radius 2 is 1.96 bits per heavy atom. The third kappa shape index (κ3) is 3.44. The summed E-state index contributed by atoms with van der Waals surface area (Å²) >= 11 is 6.08. The van der Waals surface area contributed by atoms with Crippen LogP contribution in [0.4, 0.5) is 0 Å². The van der Waals surface area contributed by atoms with Crippen LogP contribution in [0.15, 0.2) is 42.5 Å². The van der Waals surface area contributed by atoms with Gasteiger partial charge in [0.05, 0.1) is 11.1 Å². The largest absolute Gasteiger partial charge is 0.486 e. The molecule has 26 heavy (non-hydrogen) atoms. The Balaban J connectivity index is 1.46. The summed E-state index contributed by atoms with van der Waals surface area (Å²) in [4.78, 5) is 14.6. The van der Waals surface area contributed by atoms with E-state index in [2.05, 4.69) is 0 Å². The summed E-state index contributed by atoms with van der Waals surface area (Å²) in [5, 5.41) is 0.505. The second kappa shape index (κ2) is 7.46. The van der Waals surface area contributed by atoms with Crippen molar-refractivity contribution in [3.63, 3.8) is 0 Å². The summed E-state index contributed by atoms with van der Waals surface area (Å²) in [7, 11) is 0. The zero-order chi connectivity index (χ0) is 17.9. The average Bonchev–Trinajstić information content (AvgIpc) is 3.17. The van der Waals surface area contributed by atoms with Gasteiger partial charge in [-0.25, -0.2) is 0 Å². The molecule has 1 amide bonds. The van der Waals surface area contributed by atoms with Gasteiger partial charge in [-0.1, -0.05) is 29.8 Å². The number of amides is 1. The number of halogens is 1. The third-order valence-electron chi connectivity index (χ3n) is 4.71. The second-order valence-corrected chi connectivity index (χ2v) is 6.77. The number of benzene rings is 2. The number of rotatable bonds is 4. The van der Waals surface area contributed by atoms with Crippen molar-refractivity contribution in [3.05, 3.63) is 53.1 Å². The predicted molar refractivity (Wildman–Crippen MR) is 98.1 cm³/mol. The molecule has 5 nitrogen and oxygen atoms in total. The number of nitrogens with zero attached hydrogens (tertiary/aromatic N) is 1. The van der Waals surface area contributed by atoms with Crippen molar-refractivity contribution < 1.29 is 19.0 Å². The molecule has 0 bridgehead atoms. The van der Waals surface area contributed by atoms with Crippen molar-refractivity contribution in [2.24, 2.45) is 0 Å². The molecule has 0 radical (unpaired) electrons. The summed E-state index contributed by atoms with van der Waals surface area (Å²) in [6.45, 7) is 1.82. The molecule has 1 atom stereocenters. The molecule has 0 spiro atoms. The molecule has 0 aromatic heterocycles. The number of carbonyl (C=O) groups excluding carboxylic acids is 1. The quantitative estimate of drug-likeness (QED) is 0.816. The van der Waals surface area contributed by atoms with Gasteiger partial charge in [-0.3, -0.25) is 4.79 Å². The van der Waals surface area contributed by atoms with Crippen LogP contribution in [0, 0.1) is 0 Å². The van der Waals surface area contributed by atoms with Crippen LogP contribution in [0.5, 0.6) is 17.2 Å². The van der Waals surface area contributed by atoms with Gasteiger partial charge >= 0.3 is 0 Å². The van der Waals surface area contributed by atoms with Gasteiger partial charge in [0.2, 0.25) is 0 Å². The van der Waals surface area contributed by atoms with E-state index in [0.717, 1.165) is 36.4 Å². The fraction of sp³-hybridized carbons (Fsp3) is 0.350. The number of para-hydroxylation sites is 1. The predicted octanol–water partition coefficient (Wildman–Crippen LogP) is 3.85. The fourth-order valence-electron chi connectivity index (χ4n) is 3.46. The molecule has 2 heterocycles. The van der Waals surface area contributed by atoms with E-state index >= 15 is 0 Å². The molecule has 0 aliphatic carbocycles. The van der Waals surface area contributed by atoms with E-state index in [0.29, 0.717) is 24.0 Å². The molecule has 2 aliphatic heterocycles. The van der Waals surface area contributed by atoms with Gasteiger partial charge in [0, 0.05) is 6.54 Å². The Morgan fingerprint density at radius 1 is 1.15 bits per heavy atom. The minimum atomic E-state index is -0.0395. The molecule has 0 unspecified atom stereocenters. The molecule has 2 aliphatic rings. The smallest absolute Gasteiger partial charge is 0.261 e. The molecule has 1 fully saturated rings. The van der Waals surface area contributed by atoms with E-state index in [4.69, 9.17) is 25.8 Å². The van der Waals surface area contributed by atoms with Crippen LogP contribution in [0.2, 0.25) is 5.02 Å². The van der Waals surface area contributed by atoms with Crippen molar-refractivity contribution in [2.45, 2.75) is 18.9 Å². The maximum Gasteiger partial charge on any atom is 0.261 e. The Kier molecular flexibility index (Phi) is 4.89. The van der Waals surface area contributed by atoms with Gasteiger partial charge in [-0.15, -0.1) is 0 Å². The molecule has 1 saturated heterocycles. The van der Waals surface area contributed by atoms with Crippen molar-refractivity contribution in [1.29, 1.82) is 0 Å². The van der Waals surface area contributed by atoms with Crippen molar-refractivity contribution in [2.75, 3.05) is 26.4 Å². The first-order valence-corrected chi connectivity index (χ1v) is 9.16. The summed E-state index contributed by atoms with van der Waals surface area (Å²) in [5.74, 6) is 2.00. The van der Waals surface area contributed by atoms with Crippen LogP contribution in [0.3, 0.4) is 0 Å². The molecule has 0 N–H and O–H groups in total. The SMILES string of the molecule is O=C(COc1ccccc1Cl)N1CCC[C@@H]1c1ccc2c(c1)OCCO2. The molecule has 136 valence electrons. The van der Waals surface area contributed by atoms with Gasteiger partial charge in [0.1, 0.15) is 19.0 Å². The standard InChI is InChI=1S/C20H20ClNO4/c21-15-4-1-2-6-17(15)26-13-20(23)22-9-3-5-16(22)14-7-8-18-19(12-14)25-11-10-24-18/h1-2,4,6-8,12,16H,3,5,9-11,13H2/t16-/m1/s1. The molecule has 4 rings (SSSR count). The lowest BCUT2D eigenvalue weighted by molar-refractivity contribution is -0.134. The number of hydrogen-bond acceptors (Lipinski definition) is 4. The summed E-state index contributed by atoms with van der Waals surface area (Å²) < 4.78 is 16.9. The first kappa shape index (κ1) is 17.0. The lowest BCUT2D eigenvalue weighted by Gasteiger charge is -2.26. The number of fused-ring (bicyclic) bond motifs is 1. The minimum Gasteiger partial charge on any atom is -0.486 e. The zero-order valence-corrected chi connectivity index (χ0v) is 15.1. The van der Waals surface area contributed by atoms with E-state index in [9.17, 15) is 4.79 Å². The highest BCUT2D eigenvalue weighted by Gasteiger charge is 2.31.